The van der Waals surface area contributed by atoms with Crippen LogP contribution < -0.4 is 5.32 Å². The number of aryl methyl sites for hydroxylation is 1. The molecule has 114 valence electrons. The summed E-state index contributed by atoms with van der Waals surface area (Å²) in [5, 5.41) is 13.6. The average Bonchev–Trinajstić information content (AvgIpc) is 2.39. The summed E-state index contributed by atoms with van der Waals surface area (Å²) in [6.45, 7) is 6.49. The van der Waals surface area contributed by atoms with Crippen molar-refractivity contribution in [1.82, 2.24) is 4.90 Å². The lowest BCUT2D eigenvalue weighted by atomic mass is 10.2. The highest BCUT2D eigenvalue weighted by molar-refractivity contribution is 5.89. The van der Waals surface area contributed by atoms with Gasteiger partial charge in [-0.3, -0.25) is 10.1 Å². The van der Waals surface area contributed by atoms with Crippen LogP contribution in [0.25, 0.3) is 0 Å². The fourth-order valence-electron chi connectivity index (χ4n) is 2.43. The molecule has 2 amide bonds. The lowest BCUT2D eigenvalue weighted by Crippen LogP contribution is -2.49. The van der Waals surface area contributed by atoms with Gasteiger partial charge in [0.05, 0.1) is 17.1 Å². The lowest BCUT2D eigenvalue weighted by Gasteiger charge is -2.35. The minimum atomic E-state index is -0.454. The number of nitro benzene ring substituents is 1. The second kappa shape index (κ2) is 6.09. The van der Waals surface area contributed by atoms with Crippen molar-refractivity contribution in [2.45, 2.75) is 33.0 Å². The molecule has 21 heavy (non-hydrogen) atoms. The summed E-state index contributed by atoms with van der Waals surface area (Å²) < 4.78 is 5.57. The Hall–Kier alpha value is -2.15. The predicted octanol–water partition coefficient (Wildman–Crippen LogP) is 2.54. The third-order valence-electron chi connectivity index (χ3n) is 3.36. The van der Waals surface area contributed by atoms with Gasteiger partial charge in [-0.05, 0) is 26.8 Å². The predicted molar refractivity (Wildman–Crippen MR) is 78.4 cm³/mol. The van der Waals surface area contributed by atoms with Gasteiger partial charge in [-0.2, -0.15) is 0 Å². The molecule has 1 aromatic carbocycles. The number of hydrogen-bond donors (Lipinski definition) is 1. The monoisotopic (exact) mass is 293 g/mol. The molecule has 1 saturated heterocycles. The summed E-state index contributed by atoms with van der Waals surface area (Å²) in [5.74, 6) is 0. The minimum absolute atomic E-state index is 0.00323. The number of urea groups is 1. The second-order valence-corrected chi connectivity index (χ2v) is 5.35. The van der Waals surface area contributed by atoms with Gasteiger partial charge in [-0.25, -0.2) is 4.79 Å². The standard InChI is InChI=1S/C14H19N3O4/c1-9-4-5-12(6-13(9)17(19)20)15-14(18)16-7-10(2)21-11(3)8-16/h4-6,10-11H,7-8H2,1-3H3,(H,15,18)/t10-,11-/m0/s1. The molecular weight excluding hydrogens is 274 g/mol. The number of rotatable bonds is 2. The first-order chi connectivity index (χ1) is 9.86. The van der Waals surface area contributed by atoms with Gasteiger partial charge < -0.3 is 15.0 Å². The highest BCUT2D eigenvalue weighted by atomic mass is 16.6. The van der Waals surface area contributed by atoms with Crippen molar-refractivity contribution in [3.63, 3.8) is 0 Å². The maximum absolute atomic E-state index is 12.2. The second-order valence-electron chi connectivity index (χ2n) is 5.35. The zero-order chi connectivity index (χ0) is 15.6. The van der Waals surface area contributed by atoms with Crippen LogP contribution in [0.2, 0.25) is 0 Å². The van der Waals surface area contributed by atoms with Crippen LogP contribution >= 0.6 is 0 Å². The largest absolute Gasteiger partial charge is 0.372 e. The van der Waals surface area contributed by atoms with Gasteiger partial charge >= 0.3 is 6.03 Å². The molecule has 1 aliphatic heterocycles. The number of carbonyl (C=O) groups is 1. The molecule has 1 heterocycles. The van der Waals surface area contributed by atoms with Crippen molar-refractivity contribution in [3.8, 4) is 0 Å². The molecule has 1 aromatic rings. The quantitative estimate of drug-likeness (QED) is 0.670. The van der Waals surface area contributed by atoms with Crippen molar-refractivity contribution >= 4 is 17.4 Å². The molecule has 0 aromatic heterocycles. The highest BCUT2D eigenvalue weighted by Crippen LogP contribution is 2.23. The number of ether oxygens (including phenoxy) is 1. The van der Waals surface area contributed by atoms with Crippen LogP contribution in [0.5, 0.6) is 0 Å². The van der Waals surface area contributed by atoms with Gasteiger partial charge in [-0.15, -0.1) is 0 Å². The molecule has 2 atom stereocenters. The number of amides is 2. The SMILES string of the molecule is Cc1ccc(NC(=O)N2C[C@H](C)O[C@@H](C)C2)cc1[N+](=O)[O-]. The normalized spacial score (nSPS) is 22.0. The Bertz CT molecular complexity index is 551. The van der Waals surface area contributed by atoms with E-state index in [1.165, 1.54) is 6.07 Å². The molecule has 1 fully saturated rings. The van der Waals surface area contributed by atoms with Crippen LogP contribution in [-0.2, 0) is 4.74 Å². The number of nitrogens with zero attached hydrogens (tertiary/aromatic N) is 2. The van der Waals surface area contributed by atoms with Gasteiger partial charge in [0, 0.05) is 30.4 Å². The van der Waals surface area contributed by atoms with Crippen LogP contribution in [-0.4, -0.2) is 41.2 Å². The summed E-state index contributed by atoms with van der Waals surface area (Å²) in [6.07, 6.45) is -0.0429. The van der Waals surface area contributed by atoms with Crippen LogP contribution in [0.1, 0.15) is 19.4 Å². The van der Waals surface area contributed by atoms with Crippen molar-refractivity contribution in [3.05, 3.63) is 33.9 Å². The number of nitrogens with one attached hydrogen (secondary N) is 1. The zero-order valence-electron chi connectivity index (χ0n) is 12.3. The van der Waals surface area contributed by atoms with E-state index in [0.29, 0.717) is 24.3 Å². The maximum Gasteiger partial charge on any atom is 0.322 e. The summed E-state index contributed by atoms with van der Waals surface area (Å²) >= 11 is 0. The van der Waals surface area contributed by atoms with E-state index in [2.05, 4.69) is 5.32 Å². The molecule has 7 heteroatoms. The molecule has 0 aliphatic carbocycles. The molecule has 1 N–H and O–H groups in total. The molecule has 2 rings (SSSR count). The third-order valence-corrected chi connectivity index (χ3v) is 3.36. The van der Waals surface area contributed by atoms with E-state index >= 15 is 0 Å². The third kappa shape index (κ3) is 3.69. The Labute approximate surface area is 123 Å². The van der Waals surface area contributed by atoms with Gasteiger partial charge in [0.1, 0.15) is 0 Å². The van der Waals surface area contributed by atoms with E-state index in [4.69, 9.17) is 4.74 Å². The van der Waals surface area contributed by atoms with Gasteiger partial charge in [-0.1, -0.05) is 6.07 Å². The summed E-state index contributed by atoms with van der Waals surface area (Å²) in [7, 11) is 0. The number of morpholine rings is 1. The Morgan fingerprint density at radius 3 is 2.57 bits per heavy atom. The number of anilines is 1. The Morgan fingerprint density at radius 1 is 1.38 bits per heavy atom. The Morgan fingerprint density at radius 2 is 2.00 bits per heavy atom. The maximum atomic E-state index is 12.2. The van der Waals surface area contributed by atoms with Gasteiger partial charge in [0.25, 0.3) is 5.69 Å². The van der Waals surface area contributed by atoms with Gasteiger partial charge in [0.2, 0.25) is 0 Å². The first-order valence-electron chi connectivity index (χ1n) is 6.83. The first-order valence-corrected chi connectivity index (χ1v) is 6.83. The van der Waals surface area contributed by atoms with E-state index < -0.39 is 4.92 Å². The van der Waals surface area contributed by atoms with Crippen LogP contribution in [0.4, 0.5) is 16.2 Å². The molecule has 0 unspecified atom stereocenters. The molecular formula is C14H19N3O4. The molecule has 7 nitrogen and oxygen atoms in total. The highest BCUT2D eigenvalue weighted by Gasteiger charge is 2.26. The molecule has 0 spiro atoms. The van der Waals surface area contributed by atoms with E-state index in [-0.39, 0.29) is 23.9 Å². The zero-order valence-corrected chi connectivity index (χ0v) is 12.3. The summed E-state index contributed by atoms with van der Waals surface area (Å²) in [6, 6.07) is 4.39. The fourth-order valence-corrected chi connectivity index (χ4v) is 2.43. The van der Waals surface area contributed by atoms with E-state index in [0.717, 1.165) is 0 Å². The van der Waals surface area contributed by atoms with Crippen molar-refractivity contribution in [1.29, 1.82) is 0 Å². The van der Waals surface area contributed by atoms with Crippen molar-refractivity contribution < 1.29 is 14.5 Å². The fraction of sp³-hybridized carbons (Fsp3) is 0.500. The van der Waals surface area contributed by atoms with Crippen molar-refractivity contribution in [2.75, 3.05) is 18.4 Å². The molecule has 1 aliphatic rings. The van der Waals surface area contributed by atoms with E-state index in [1.54, 1.807) is 24.0 Å². The van der Waals surface area contributed by atoms with Gasteiger partial charge in [0.15, 0.2) is 0 Å². The number of hydrogen-bond acceptors (Lipinski definition) is 4. The molecule has 0 saturated carbocycles. The minimum Gasteiger partial charge on any atom is -0.372 e. The van der Waals surface area contributed by atoms with Crippen LogP contribution in [0.15, 0.2) is 18.2 Å². The number of benzene rings is 1. The molecule has 0 bridgehead atoms. The number of nitro groups is 1. The Kier molecular flexibility index (Phi) is 4.42. The topological polar surface area (TPSA) is 84.7 Å². The van der Waals surface area contributed by atoms with Crippen LogP contribution in [0, 0.1) is 17.0 Å². The van der Waals surface area contributed by atoms with E-state index in [9.17, 15) is 14.9 Å². The van der Waals surface area contributed by atoms with Crippen molar-refractivity contribution in [2.24, 2.45) is 0 Å². The van der Waals surface area contributed by atoms with E-state index in [1.807, 2.05) is 13.8 Å². The lowest BCUT2D eigenvalue weighted by molar-refractivity contribution is -0.385. The van der Waals surface area contributed by atoms with Crippen LogP contribution in [0.3, 0.4) is 0 Å². The summed E-state index contributed by atoms with van der Waals surface area (Å²) in [4.78, 5) is 24.3. The number of carbonyl (C=O) groups excluding carboxylic acids is 1. The smallest absolute Gasteiger partial charge is 0.322 e. The first kappa shape index (κ1) is 15.2. The average molecular weight is 293 g/mol. The Balaban J connectivity index is 2.09. The molecule has 0 radical (unpaired) electrons. The summed E-state index contributed by atoms with van der Waals surface area (Å²) in [5.41, 5.74) is 0.979.